The lowest BCUT2D eigenvalue weighted by Crippen LogP contribution is -2.46. The van der Waals surface area contributed by atoms with Crippen LogP contribution in [0, 0.1) is 5.41 Å². The predicted molar refractivity (Wildman–Crippen MR) is 75.2 cm³/mol. The molecule has 0 bridgehead atoms. The molecule has 0 rings (SSSR count). The first-order valence-electron chi connectivity index (χ1n) is 6.46. The fourth-order valence-corrected chi connectivity index (χ4v) is 1.31. The van der Waals surface area contributed by atoms with Gasteiger partial charge in [0.25, 0.3) is 0 Å². The maximum atomic E-state index is 12.0. The smallest absolute Gasteiger partial charge is 0.323 e. The molecule has 0 saturated heterocycles. The van der Waals surface area contributed by atoms with E-state index in [9.17, 15) is 14.4 Å². The molecule has 7 nitrogen and oxygen atoms in total. The van der Waals surface area contributed by atoms with E-state index in [1.165, 1.54) is 4.90 Å². The molecule has 0 aliphatic carbocycles. The predicted octanol–water partition coefficient (Wildman–Crippen LogP) is -0.376. The van der Waals surface area contributed by atoms with Gasteiger partial charge in [-0.3, -0.25) is 14.4 Å². The number of nitrogens with zero attached hydrogens (tertiary/aromatic N) is 2. The van der Waals surface area contributed by atoms with E-state index in [-0.39, 0.29) is 19.0 Å². The van der Waals surface area contributed by atoms with Gasteiger partial charge in [0.05, 0.1) is 6.54 Å². The van der Waals surface area contributed by atoms with Gasteiger partial charge in [0, 0.05) is 18.5 Å². The third kappa shape index (κ3) is 7.73. The number of hydrogen-bond acceptors (Lipinski definition) is 4. The van der Waals surface area contributed by atoms with Gasteiger partial charge in [0.15, 0.2) is 0 Å². The van der Waals surface area contributed by atoms with Gasteiger partial charge in [-0.15, -0.1) is 0 Å². The second-order valence-corrected chi connectivity index (χ2v) is 5.94. The summed E-state index contributed by atoms with van der Waals surface area (Å²) in [4.78, 5) is 37.5. The second-order valence-electron chi connectivity index (χ2n) is 5.94. The first-order valence-corrected chi connectivity index (χ1v) is 6.46. The summed E-state index contributed by atoms with van der Waals surface area (Å²) in [7, 11) is 3.68. The number of carbonyl (C=O) groups excluding carboxylic acids is 2. The number of amides is 2. The Bertz CT molecular complexity index is 361. The summed E-state index contributed by atoms with van der Waals surface area (Å²) in [6.45, 7) is 5.56. The minimum atomic E-state index is -1.07. The molecule has 0 unspecified atom stereocenters. The van der Waals surface area contributed by atoms with Gasteiger partial charge in [-0.25, -0.2) is 0 Å². The first kappa shape index (κ1) is 18.4. The average molecular weight is 287 g/mol. The Morgan fingerprint density at radius 3 is 2.05 bits per heavy atom. The van der Waals surface area contributed by atoms with Crippen LogP contribution in [0.2, 0.25) is 0 Å². The lowest BCUT2D eigenvalue weighted by molar-refractivity contribution is -0.144. The number of aliphatic carboxylic acids is 1. The minimum absolute atomic E-state index is 0.184. The lowest BCUT2D eigenvalue weighted by Gasteiger charge is -2.24. The second kappa shape index (κ2) is 7.84. The molecule has 0 aromatic heterocycles. The molecule has 0 fully saturated rings. The minimum Gasteiger partial charge on any atom is -0.480 e. The SMILES string of the molecule is CN(C)CCN(CC(=O)O)C(=O)CNC(=O)C(C)(C)C. The van der Waals surface area contributed by atoms with E-state index < -0.39 is 17.3 Å². The van der Waals surface area contributed by atoms with Gasteiger partial charge in [0.2, 0.25) is 11.8 Å². The van der Waals surface area contributed by atoms with Crippen molar-refractivity contribution >= 4 is 17.8 Å². The molecule has 0 aliphatic heterocycles. The molecule has 0 atom stereocenters. The zero-order valence-electron chi connectivity index (χ0n) is 12.9. The number of carbonyl (C=O) groups is 3. The van der Waals surface area contributed by atoms with E-state index in [4.69, 9.17) is 5.11 Å². The van der Waals surface area contributed by atoms with Crippen LogP contribution >= 0.6 is 0 Å². The molecule has 2 amide bonds. The molecule has 0 aromatic carbocycles. The largest absolute Gasteiger partial charge is 0.480 e. The average Bonchev–Trinajstić information content (AvgIpc) is 2.28. The van der Waals surface area contributed by atoms with E-state index in [0.29, 0.717) is 13.1 Å². The van der Waals surface area contributed by atoms with Crippen LogP contribution in [-0.4, -0.2) is 73.0 Å². The van der Waals surface area contributed by atoms with Crippen LogP contribution in [0.3, 0.4) is 0 Å². The van der Waals surface area contributed by atoms with E-state index in [0.717, 1.165) is 0 Å². The maximum Gasteiger partial charge on any atom is 0.323 e. The lowest BCUT2D eigenvalue weighted by atomic mass is 9.96. The quantitative estimate of drug-likeness (QED) is 0.666. The first-order chi connectivity index (χ1) is 9.04. The Hall–Kier alpha value is -1.63. The van der Waals surface area contributed by atoms with E-state index in [1.807, 2.05) is 19.0 Å². The number of carboxylic acid groups (broad SMARTS) is 1. The molecule has 0 radical (unpaired) electrons. The molecule has 0 aliphatic rings. The van der Waals surface area contributed by atoms with E-state index >= 15 is 0 Å². The highest BCUT2D eigenvalue weighted by molar-refractivity contribution is 5.88. The van der Waals surface area contributed by atoms with E-state index in [2.05, 4.69) is 5.32 Å². The van der Waals surface area contributed by atoms with Crippen LogP contribution in [0.5, 0.6) is 0 Å². The maximum absolute atomic E-state index is 12.0. The Morgan fingerprint density at radius 2 is 1.65 bits per heavy atom. The van der Waals surface area contributed by atoms with Crippen molar-refractivity contribution in [3.8, 4) is 0 Å². The summed E-state index contributed by atoms with van der Waals surface area (Å²) in [5, 5.41) is 11.3. The molecule has 0 saturated carbocycles. The zero-order valence-corrected chi connectivity index (χ0v) is 12.9. The molecule has 0 spiro atoms. The molecule has 7 heteroatoms. The number of hydrogen-bond donors (Lipinski definition) is 2. The monoisotopic (exact) mass is 287 g/mol. The highest BCUT2D eigenvalue weighted by Crippen LogP contribution is 2.12. The number of nitrogens with one attached hydrogen (secondary N) is 1. The summed E-state index contributed by atoms with van der Waals surface area (Å²) < 4.78 is 0. The molecule has 20 heavy (non-hydrogen) atoms. The van der Waals surface area contributed by atoms with Crippen molar-refractivity contribution in [1.29, 1.82) is 0 Å². The Labute approximate surface area is 119 Å². The van der Waals surface area contributed by atoms with Gasteiger partial charge in [0.1, 0.15) is 6.54 Å². The number of carboxylic acids is 1. The van der Waals surface area contributed by atoms with Gasteiger partial charge < -0.3 is 20.2 Å². The Balaban J connectivity index is 4.47. The third-order valence-corrected chi connectivity index (χ3v) is 2.58. The van der Waals surface area contributed by atoms with Crippen molar-refractivity contribution in [2.45, 2.75) is 20.8 Å². The van der Waals surface area contributed by atoms with Crippen molar-refractivity contribution in [1.82, 2.24) is 15.1 Å². The van der Waals surface area contributed by atoms with Gasteiger partial charge in [-0.1, -0.05) is 20.8 Å². The highest BCUT2D eigenvalue weighted by Gasteiger charge is 2.23. The summed E-state index contributed by atoms with van der Waals surface area (Å²) in [5.74, 6) is -1.71. The van der Waals surface area contributed by atoms with Crippen LogP contribution in [0.1, 0.15) is 20.8 Å². The molecule has 2 N–H and O–H groups in total. The van der Waals surface area contributed by atoms with Crippen LogP contribution in [-0.2, 0) is 14.4 Å². The van der Waals surface area contributed by atoms with Gasteiger partial charge in [-0.2, -0.15) is 0 Å². The fourth-order valence-electron chi connectivity index (χ4n) is 1.31. The molecule has 0 aromatic rings. The van der Waals surface area contributed by atoms with Crippen LogP contribution < -0.4 is 5.32 Å². The third-order valence-electron chi connectivity index (χ3n) is 2.58. The molecular weight excluding hydrogens is 262 g/mol. The summed E-state index contributed by atoms with van der Waals surface area (Å²) in [6, 6.07) is 0. The topological polar surface area (TPSA) is 89.9 Å². The summed E-state index contributed by atoms with van der Waals surface area (Å²) >= 11 is 0. The Morgan fingerprint density at radius 1 is 1.10 bits per heavy atom. The highest BCUT2D eigenvalue weighted by atomic mass is 16.4. The fraction of sp³-hybridized carbons (Fsp3) is 0.769. The van der Waals surface area contributed by atoms with Gasteiger partial charge >= 0.3 is 5.97 Å². The van der Waals surface area contributed by atoms with Crippen molar-refractivity contribution in [3.05, 3.63) is 0 Å². The standard InChI is InChI=1S/C13H25N3O4/c1-13(2,3)12(20)14-8-10(17)16(9-11(18)19)7-6-15(4)5/h6-9H2,1-5H3,(H,14,20)(H,18,19). The Kier molecular flexibility index (Phi) is 7.20. The molecule has 116 valence electrons. The van der Waals surface area contributed by atoms with Crippen LogP contribution in [0.25, 0.3) is 0 Å². The summed E-state index contributed by atoms with van der Waals surface area (Å²) in [5.41, 5.74) is -0.582. The van der Waals surface area contributed by atoms with Crippen molar-refractivity contribution in [2.75, 3.05) is 40.3 Å². The summed E-state index contributed by atoms with van der Waals surface area (Å²) in [6.07, 6.45) is 0. The zero-order chi connectivity index (χ0) is 15.9. The van der Waals surface area contributed by atoms with Crippen LogP contribution in [0.15, 0.2) is 0 Å². The van der Waals surface area contributed by atoms with Crippen molar-refractivity contribution < 1.29 is 19.5 Å². The van der Waals surface area contributed by atoms with Crippen LogP contribution in [0.4, 0.5) is 0 Å². The molecule has 0 heterocycles. The van der Waals surface area contributed by atoms with Gasteiger partial charge in [-0.05, 0) is 14.1 Å². The molecular formula is C13H25N3O4. The number of likely N-dealkylation sites (N-methyl/N-ethyl adjacent to an activating group) is 1. The van der Waals surface area contributed by atoms with Crippen molar-refractivity contribution in [2.24, 2.45) is 5.41 Å². The van der Waals surface area contributed by atoms with Crippen molar-refractivity contribution in [3.63, 3.8) is 0 Å². The normalized spacial score (nSPS) is 11.3. The van der Waals surface area contributed by atoms with E-state index in [1.54, 1.807) is 20.8 Å². The number of rotatable bonds is 7.